The molecular formula is C8H5NOS. The summed E-state index contributed by atoms with van der Waals surface area (Å²) < 4.78 is 5.71. The van der Waals surface area contributed by atoms with E-state index in [4.69, 9.17) is 16.6 Å². The summed E-state index contributed by atoms with van der Waals surface area (Å²) >= 11 is 4.85. The first-order valence-electron chi connectivity index (χ1n) is 3.20. The van der Waals surface area contributed by atoms with Crippen LogP contribution >= 0.6 is 12.2 Å². The van der Waals surface area contributed by atoms with Crippen LogP contribution in [-0.4, -0.2) is 4.98 Å². The molecule has 0 aliphatic carbocycles. The van der Waals surface area contributed by atoms with E-state index in [0.717, 1.165) is 11.0 Å². The molecule has 0 fully saturated rings. The summed E-state index contributed by atoms with van der Waals surface area (Å²) in [5.41, 5.74) is 0.736. The quantitative estimate of drug-likeness (QED) is 0.558. The molecule has 0 unspecified atom stereocenters. The molecule has 54 valence electrons. The monoisotopic (exact) mass is 163 g/mol. The van der Waals surface area contributed by atoms with Gasteiger partial charge in [0, 0.05) is 11.6 Å². The normalized spacial score (nSPS) is 10.2. The van der Waals surface area contributed by atoms with E-state index >= 15 is 0 Å². The number of fused-ring (bicyclic) bond motifs is 1. The lowest BCUT2D eigenvalue weighted by molar-refractivity contribution is 0.585. The zero-order valence-corrected chi connectivity index (χ0v) is 6.47. The lowest BCUT2D eigenvalue weighted by atomic mass is 10.3. The van der Waals surface area contributed by atoms with Crippen molar-refractivity contribution in [3.05, 3.63) is 35.3 Å². The summed E-state index contributed by atoms with van der Waals surface area (Å²) in [4.78, 5) is 3.91. The van der Waals surface area contributed by atoms with Crippen LogP contribution in [-0.2, 0) is 0 Å². The lowest BCUT2D eigenvalue weighted by Gasteiger charge is -1.92. The van der Waals surface area contributed by atoms with Gasteiger partial charge in [-0.05, 0) is 30.4 Å². The second kappa shape index (κ2) is 2.43. The van der Waals surface area contributed by atoms with Crippen LogP contribution in [0.25, 0.3) is 11.0 Å². The Morgan fingerprint density at radius 3 is 3.09 bits per heavy atom. The summed E-state index contributed by atoms with van der Waals surface area (Å²) in [5, 5.41) is 1.02. The Bertz CT molecular complexity index is 435. The Kier molecular flexibility index (Phi) is 1.43. The molecule has 0 saturated carbocycles. The molecule has 2 aromatic rings. The molecule has 0 atom stereocenters. The lowest BCUT2D eigenvalue weighted by Crippen LogP contribution is -1.73. The summed E-state index contributed by atoms with van der Waals surface area (Å²) in [6.45, 7) is 0. The molecule has 0 aliphatic rings. The third-order valence-corrected chi connectivity index (χ3v) is 1.65. The van der Waals surface area contributed by atoms with Crippen molar-refractivity contribution in [2.24, 2.45) is 0 Å². The molecule has 0 radical (unpaired) electrons. The predicted octanol–water partition coefficient (Wildman–Crippen LogP) is 2.56. The molecule has 0 spiro atoms. The van der Waals surface area contributed by atoms with Gasteiger partial charge in [-0.1, -0.05) is 0 Å². The second-order valence-corrected chi connectivity index (χ2v) is 2.57. The van der Waals surface area contributed by atoms with E-state index in [-0.39, 0.29) is 0 Å². The highest BCUT2D eigenvalue weighted by Gasteiger charge is 1.91. The van der Waals surface area contributed by atoms with Crippen LogP contribution in [0.15, 0.2) is 35.0 Å². The number of hydrogen-bond donors (Lipinski definition) is 0. The van der Waals surface area contributed by atoms with E-state index in [1.807, 2.05) is 12.1 Å². The van der Waals surface area contributed by atoms with Crippen molar-refractivity contribution >= 4 is 23.2 Å². The average molecular weight is 163 g/mol. The van der Waals surface area contributed by atoms with Crippen molar-refractivity contribution in [3.63, 3.8) is 0 Å². The first kappa shape index (κ1) is 6.49. The highest BCUT2D eigenvalue weighted by atomic mass is 32.1. The van der Waals surface area contributed by atoms with Crippen LogP contribution in [0, 0.1) is 4.71 Å². The van der Waals surface area contributed by atoms with Crippen LogP contribution < -0.4 is 0 Å². The maximum Gasteiger partial charge on any atom is 0.190 e. The minimum absolute atomic E-state index is 0.491. The van der Waals surface area contributed by atoms with E-state index in [9.17, 15) is 0 Å². The fourth-order valence-electron chi connectivity index (χ4n) is 0.914. The minimum atomic E-state index is 0.491. The Morgan fingerprint density at radius 2 is 2.18 bits per heavy atom. The van der Waals surface area contributed by atoms with E-state index in [1.54, 1.807) is 18.5 Å². The molecule has 3 heteroatoms. The van der Waals surface area contributed by atoms with Gasteiger partial charge in [0.1, 0.15) is 0 Å². The molecule has 0 aromatic carbocycles. The maximum atomic E-state index is 5.21. The fourth-order valence-corrected chi connectivity index (χ4v) is 1.07. The zero-order valence-electron chi connectivity index (χ0n) is 5.65. The molecule has 2 heterocycles. The van der Waals surface area contributed by atoms with Gasteiger partial charge in [0.15, 0.2) is 10.3 Å². The number of nitrogens with zero attached hydrogens (tertiary/aromatic N) is 1. The molecular weight excluding hydrogens is 158 g/mol. The van der Waals surface area contributed by atoms with Gasteiger partial charge in [-0.15, -0.1) is 0 Å². The van der Waals surface area contributed by atoms with Crippen molar-refractivity contribution in [1.82, 2.24) is 4.98 Å². The first-order chi connectivity index (χ1) is 5.36. The van der Waals surface area contributed by atoms with Crippen LogP contribution in [0.5, 0.6) is 0 Å². The van der Waals surface area contributed by atoms with E-state index in [1.165, 1.54) is 0 Å². The highest BCUT2D eigenvalue weighted by molar-refractivity contribution is 7.71. The van der Waals surface area contributed by atoms with Gasteiger partial charge < -0.3 is 4.42 Å². The van der Waals surface area contributed by atoms with Crippen molar-refractivity contribution in [2.45, 2.75) is 0 Å². The van der Waals surface area contributed by atoms with Crippen molar-refractivity contribution < 1.29 is 4.42 Å². The summed E-state index contributed by atoms with van der Waals surface area (Å²) in [6, 6.07) is 5.56. The Balaban J connectivity index is 2.94. The van der Waals surface area contributed by atoms with Crippen LogP contribution in [0.2, 0.25) is 0 Å². The smallest absolute Gasteiger partial charge is 0.190 e. The SMILES string of the molecule is S=c1ccc2ccncc2o1. The molecule has 0 N–H and O–H groups in total. The minimum Gasteiger partial charge on any atom is -0.444 e. The number of hydrogen-bond acceptors (Lipinski definition) is 3. The summed E-state index contributed by atoms with van der Waals surface area (Å²) in [5.74, 6) is 0. The summed E-state index contributed by atoms with van der Waals surface area (Å²) in [6.07, 6.45) is 3.38. The fraction of sp³-hybridized carbons (Fsp3) is 0. The molecule has 2 rings (SSSR count). The molecule has 0 aliphatic heterocycles. The number of aromatic nitrogens is 1. The Labute approximate surface area is 68.5 Å². The maximum absolute atomic E-state index is 5.21. The average Bonchev–Trinajstić information content (AvgIpc) is 2.04. The van der Waals surface area contributed by atoms with Crippen LogP contribution in [0.1, 0.15) is 0 Å². The van der Waals surface area contributed by atoms with Crippen LogP contribution in [0.3, 0.4) is 0 Å². The van der Waals surface area contributed by atoms with Gasteiger partial charge in [0.25, 0.3) is 0 Å². The van der Waals surface area contributed by atoms with Crippen molar-refractivity contribution in [2.75, 3.05) is 0 Å². The van der Waals surface area contributed by atoms with Gasteiger partial charge in [-0.2, -0.15) is 0 Å². The third kappa shape index (κ3) is 1.14. The third-order valence-electron chi connectivity index (χ3n) is 1.43. The number of rotatable bonds is 0. The van der Waals surface area contributed by atoms with E-state index in [0.29, 0.717) is 4.71 Å². The zero-order chi connectivity index (χ0) is 7.68. The molecule has 0 amide bonds. The topological polar surface area (TPSA) is 26.0 Å². The molecule has 2 aromatic heterocycles. The molecule has 2 nitrogen and oxygen atoms in total. The van der Waals surface area contributed by atoms with Gasteiger partial charge in [-0.3, -0.25) is 4.98 Å². The second-order valence-electron chi connectivity index (χ2n) is 2.17. The van der Waals surface area contributed by atoms with E-state index < -0.39 is 0 Å². The largest absolute Gasteiger partial charge is 0.444 e. The van der Waals surface area contributed by atoms with Gasteiger partial charge in [0.2, 0.25) is 0 Å². The van der Waals surface area contributed by atoms with Gasteiger partial charge >= 0.3 is 0 Å². The Morgan fingerprint density at radius 1 is 1.27 bits per heavy atom. The van der Waals surface area contributed by atoms with Crippen molar-refractivity contribution in [1.29, 1.82) is 0 Å². The number of pyridine rings is 1. The Hall–Kier alpha value is -1.22. The molecule has 11 heavy (non-hydrogen) atoms. The van der Waals surface area contributed by atoms with Crippen LogP contribution in [0.4, 0.5) is 0 Å². The molecule has 0 saturated heterocycles. The van der Waals surface area contributed by atoms with E-state index in [2.05, 4.69) is 4.98 Å². The summed E-state index contributed by atoms with van der Waals surface area (Å²) in [7, 11) is 0. The standard InChI is InChI=1S/C8H5NOS/c11-8-2-1-6-3-4-9-5-7(6)10-8/h1-5H. The van der Waals surface area contributed by atoms with Gasteiger partial charge in [0.05, 0.1) is 6.20 Å². The highest BCUT2D eigenvalue weighted by Crippen LogP contribution is 2.11. The van der Waals surface area contributed by atoms with Crippen molar-refractivity contribution in [3.8, 4) is 0 Å². The van der Waals surface area contributed by atoms with Gasteiger partial charge in [-0.25, -0.2) is 0 Å². The molecule has 0 bridgehead atoms. The predicted molar refractivity (Wildman–Crippen MR) is 44.8 cm³/mol. The first-order valence-corrected chi connectivity index (χ1v) is 3.61.